The van der Waals surface area contributed by atoms with Gasteiger partial charge in [0.15, 0.2) is 5.82 Å². The lowest BCUT2D eigenvalue weighted by atomic mass is 9.89. The van der Waals surface area contributed by atoms with E-state index in [2.05, 4.69) is 26.7 Å². The third kappa shape index (κ3) is 4.18. The maximum Gasteiger partial charge on any atom is 0.309 e. The molecular weight excluding hydrogens is 470 g/mol. The quantitative estimate of drug-likeness (QED) is 0.486. The Morgan fingerprint density at radius 2 is 2.09 bits per heavy atom. The molecule has 1 saturated carbocycles. The van der Waals surface area contributed by atoms with Crippen molar-refractivity contribution in [3.63, 3.8) is 0 Å². The predicted molar refractivity (Wildman–Crippen MR) is 134 cm³/mol. The van der Waals surface area contributed by atoms with E-state index in [0.29, 0.717) is 41.2 Å². The molecule has 5 rings (SSSR count). The van der Waals surface area contributed by atoms with Crippen molar-refractivity contribution < 1.29 is 19.4 Å². The Balaban J connectivity index is 1.43. The molecule has 2 aliphatic carbocycles. The number of halogens is 1. The number of hydrogen-bond donors (Lipinski definition) is 3. The summed E-state index contributed by atoms with van der Waals surface area (Å²) in [5, 5.41) is 16.5. The maximum absolute atomic E-state index is 12.5. The van der Waals surface area contributed by atoms with E-state index in [1.807, 2.05) is 25.1 Å². The van der Waals surface area contributed by atoms with Crippen LogP contribution in [0.1, 0.15) is 31.7 Å². The van der Waals surface area contributed by atoms with Gasteiger partial charge in [0.2, 0.25) is 11.9 Å². The van der Waals surface area contributed by atoms with E-state index in [1.165, 1.54) is 6.20 Å². The van der Waals surface area contributed by atoms with E-state index >= 15 is 0 Å². The van der Waals surface area contributed by atoms with E-state index in [1.54, 1.807) is 12.0 Å². The van der Waals surface area contributed by atoms with Crippen LogP contribution in [0.2, 0.25) is 5.02 Å². The highest BCUT2D eigenvalue weighted by Crippen LogP contribution is 2.45. The number of nitrogens with zero attached hydrogens (tertiary/aromatic N) is 3. The van der Waals surface area contributed by atoms with Crippen LogP contribution < -0.4 is 20.3 Å². The zero-order valence-electron chi connectivity index (χ0n) is 19.6. The van der Waals surface area contributed by atoms with Gasteiger partial charge in [-0.1, -0.05) is 23.8 Å². The van der Waals surface area contributed by atoms with E-state index in [4.69, 9.17) is 16.3 Å². The van der Waals surface area contributed by atoms with Gasteiger partial charge in [0.05, 0.1) is 30.6 Å². The zero-order valence-corrected chi connectivity index (χ0v) is 20.4. The molecule has 1 aromatic carbocycles. The molecule has 3 aliphatic rings. The van der Waals surface area contributed by atoms with Crippen LogP contribution in [0, 0.1) is 17.8 Å². The third-order valence-electron chi connectivity index (χ3n) is 7.20. The van der Waals surface area contributed by atoms with E-state index in [9.17, 15) is 14.7 Å². The van der Waals surface area contributed by atoms with E-state index in [-0.39, 0.29) is 23.8 Å². The molecule has 0 saturated heterocycles. The number of anilines is 4. The van der Waals surface area contributed by atoms with Gasteiger partial charge in [0.25, 0.3) is 0 Å². The molecule has 0 spiro atoms. The molecule has 1 aliphatic heterocycles. The average molecular weight is 498 g/mol. The molecule has 2 aromatic rings. The van der Waals surface area contributed by atoms with Gasteiger partial charge < -0.3 is 25.4 Å². The maximum atomic E-state index is 12.5. The van der Waals surface area contributed by atoms with Crippen molar-refractivity contribution in [2.75, 3.05) is 29.2 Å². The van der Waals surface area contributed by atoms with Crippen LogP contribution in [0.3, 0.4) is 0 Å². The van der Waals surface area contributed by atoms with Crippen LogP contribution in [-0.4, -0.2) is 46.6 Å². The fourth-order valence-electron chi connectivity index (χ4n) is 5.64. The van der Waals surface area contributed by atoms with Crippen LogP contribution in [-0.2, 0) is 16.0 Å². The number of fused-ring (bicyclic) bond motifs is 3. The molecule has 1 aromatic heterocycles. The van der Waals surface area contributed by atoms with Crippen molar-refractivity contribution in [1.82, 2.24) is 9.97 Å². The smallest absolute Gasteiger partial charge is 0.309 e. The molecule has 0 unspecified atom stereocenters. The Bertz CT molecular complexity index is 1200. The second-order valence-corrected chi connectivity index (χ2v) is 9.54. The van der Waals surface area contributed by atoms with Crippen LogP contribution in [0.5, 0.6) is 5.75 Å². The number of hydrogen-bond acceptors (Lipinski definition) is 7. The molecular formula is C25H28ClN5O4. The number of carboxylic acid groups (broad SMARTS) is 1. The van der Waals surface area contributed by atoms with Crippen LogP contribution in [0.25, 0.3) is 0 Å². The third-order valence-corrected chi connectivity index (χ3v) is 7.48. The van der Waals surface area contributed by atoms with Gasteiger partial charge in [-0.3, -0.25) is 9.59 Å². The Morgan fingerprint density at radius 3 is 2.83 bits per heavy atom. The molecule has 9 nitrogen and oxygen atoms in total. The first-order chi connectivity index (χ1) is 16.9. The monoisotopic (exact) mass is 497 g/mol. The van der Waals surface area contributed by atoms with Crippen LogP contribution >= 0.6 is 11.6 Å². The van der Waals surface area contributed by atoms with Gasteiger partial charge >= 0.3 is 5.97 Å². The molecule has 2 bridgehead atoms. The van der Waals surface area contributed by atoms with Gasteiger partial charge in [-0.15, -0.1) is 0 Å². The summed E-state index contributed by atoms with van der Waals surface area (Å²) in [4.78, 5) is 35.0. The Labute approximate surface area is 208 Å². The van der Waals surface area contributed by atoms with Gasteiger partial charge in [-0.25, -0.2) is 4.98 Å². The van der Waals surface area contributed by atoms with Gasteiger partial charge in [-0.2, -0.15) is 4.98 Å². The first kappa shape index (κ1) is 23.4. The standard InChI is InChI=1S/C25H28ClN5O4/c1-3-31-18-10-9-17(22(35-2)15(18)5-4-6-19(31)32)28-25-27-12-16(26)23(30-25)29-21-14-8-7-13(11-14)20(21)24(33)34/h7-10,12-14,20-21H,3-6,11H2,1-2H3,(H,33,34)(H2,27,28,29,30)/t13-,14+,20+,21-/m0/s1. The molecule has 4 atom stereocenters. The summed E-state index contributed by atoms with van der Waals surface area (Å²) in [7, 11) is 1.61. The largest absolute Gasteiger partial charge is 0.494 e. The van der Waals surface area contributed by atoms with Crippen molar-refractivity contribution in [2.24, 2.45) is 17.8 Å². The normalized spacial score (nSPS) is 24.8. The molecule has 35 heavy (non-hydrogen) atoms. The highest BCUT2D eigenvalue weighted by molar-refractivity contribution is 6.32. The molecule has 10 heteroatoms. The lowest BCUT2D eigenvalue weighted by molar-refractivity contribution is -0.142. The Kier molecular flexibility index (Phi) is 6.27. The van der Waals surface area contributed by atoms with Crippen molar-refractivity contribution in [3.8, 4) is 5.75 Å². The van der Waals surface area contributed by atoms with Gasteiger partial charge in [0.1, 0.15) is 10.8 Å². The second kappa shape index (κ2) is 9.37. The summed E-state index contributed by atoms with van der Waals surface area (Å²) in [6, 6.07) is 3.48. The molecule has 1 amide bonds. The molecule has 184 valence electrons. The van der Waals surface area contributed by atoms with Crippen molar-refractivity contribution >= 4 is 46.6 Å². The molecule has 1 fully saturated rings. The molecule has 3 N–H and O–H groups in total. The fourth-order valence-corrected chi connectivity index (χ4v) is 5.78. The number of carbonyl (C=O) groups is 2. The average Bonchev–Trinajstić information content (AvgIpc) is 3.40. The SMILES string of the molecule is CCN1C(=O)CCCc2c1ccc(Nc1ncc(Cl)c(N[C@@H]3[C@H](C(=O)O)[C@H]4C=C[C@@H]3C4)n1)c2OC. The van der Waals surface area contributed by atoms with Gasteiger partial charge in [0, 0.05) is 24.6 Å². The fraction of sp³-hybridized carbons (Fsp3) is 0.440. The van der Waals surface area contributed by atoms with Crippen LogP contribution in [0.4, 0.5) is 23.1 Å². The summed E-state index contributed by atoms with van der Waals surface area (Å²) in [6.45, 7) is 2.55. The van der Waals surface area contributed by atoms with Crippen molar-refractivity contribution in [2.45, 2.75) is 38.6 Å². The number of aliphatic carboxylic acids is 1. The number of aromatic nitrogens is 2. The highest BCUT2D eigenvalue weighted by Gasteiger charge is 2.48. The predicted octanol–water partition coefficient (Wildman–Crippen LogP) is 4.26. The minimum atomic E-state index is -0.822. The number of benzene rings is 1. The summed E-state index contributed by atoms with van der Waals surface area (Å²) in [5.41, 5.74) is 2.51. The Morgan fingerprint density at radius 1 is 1.29 bits per heavy atom. The first-order valence-electron chi connectivity index (χ1n) is 11.9. The summed E-state index contributed by atoms with van der Waals surface area (Å²) < 4.78 is 5.76. The first-order valence-corrected chi connectivity index (χ1v) is 12.3. The molecule has 0 radical (unpaired) electrons. The minimum absolute atomic E-state index is 0.0200. The lowest BCUT2D eigenvalue weighted by Gasteiger charge is -2.27. The number of nitrogens with one attached hydrogen (secondary N) is 2. The topological polar surface area (TPSA) is 117 Å². The number of carbonyl (C=O) groups excluding carboxylic acids is 1. The Hall–Kier alpha value is -3.33. The zero-order chi connectivity index (χ0) is 24.7. The number of rotatable bonds is 7. The molecule has 2 heterocycles. The van der Waals surface area contributed by atoms with Crippen LogP contribution in [0.15, 0.2) is 30.5 Å². The van der Waals surface area contributed by atoms with Crippen molar-refractivity contribution in [1.29, 1.82) is 0 Å². The number of ether oxygens (including phenoxy) is 1. The highest BCUT2D eigenvalue weighted by atomic mass is 35.5. The summed E-state index contributed by atoms with van der Waals surface area (Å²) >= 11 is 6.38. The van der Waals surface area contributed by atoms with Gasteiger partial charge in [-0.05, 0) is 50.2 Å². The van der Waals surface area contributed by atoms with E-state index in [0.717, 1.165) is 30.5 Å². The summed E-state index contributed by atoms with van der Waals surface area (Å²) in [5.74, 6) is 0.243. The lowest BCUT2D eigenvalue weighted by Crippen LogP contribution is -2.38. The summed E-state index contributed by atoms with van der Waals surface area (Å²) in [6.07, 6.45) is 8.33. The number of methoxy groups -OCH3 is 1. The number of allylic oxidation sites excluding steroid dienone is 1. The minimum Gasteiger partial charge on any atom is -0.494 e. The van der Waals surface area contributed by atoms with E-state index < -0.39 is 11.9 Å². The number of amides is 1. The number of carboxylic acids is 1. The second-order valence-electron chi connectivity index (χ2n) is 9.13. The van der Waals surface area contributed by atoms with Crippen molar-refractivity contribution in [3.05, 3.63) is 41.1 Å².